The van der Waals surface area contributed by atoms with E-state index in [1.807, 2.05) is 18.2 Å². The zero-order chi connectivity index (χ0) is 24.8. The second-order valence-electron chi connectivity index (χ2n) is 9.58. The minimum absolute atomic E-state index is 0.294. The maximum Gasteiger partial charge on any atom is 0.219 e. The largest absolute Gasteiger partial charge is 0.507 e. The molecule has 1 N–H and O–H groups in total. The predicted octanol–water partition coefficient (Wildman–Crippen LogP) is 8.23. The van der Waals surface area contributed by atoms with Gasteiger partial charge in [0.05, 0.1) is 10.8 Å². The number of aromatic hydroxyl groups is 1. The van der Waals surface area contributed by atoms with Gasteiger partial charge in [-0.1, -0.05) is 60.2 Å². The second-order valence-corrected chi connectivity index (χ2v) is 9.58. The van der Waals surface area contributed by atoms with Crippen LogP contribution in [0, 0.1) is 20.8 Å². The van der Waals surface area contributed by atoms with Crippen LogP contribution in [0.5, 0.6) is 5.75 Å². The van der Waals surface area contributed by atoms with Crippen molar-refractivity contribution in [3.8, 4) is 33.7 Å². The SMILES string of the molecule is Cc1cc(C)c(-c2c3ccccc3[n+](-c3ccc(-c4ccccc4O)cc3)c3ccccc23)c(C)c1. The number of phenolic OH excluding ortho intramolecular Hbond substituents is 1. The third kappa shape index (κ3) is 3.54. The van der Waals surface area contributed by atoms with Gasteiger partial charge in [0.25, 0.3) is 0 Å². The molecule has 0 fully saturated rings. The monoisotopic (exact) mass is 466 g/mol. The third-order valence-corrected chi connectivity index (χ3v) is 7.10. The molecular weight excluding hydrogens is 438 g/mol. The minimum Gasteiger partial charge on any atom is -0.507 e. The number of para-hydroxylation sites is 3. The Kier molecular flexibility index (Phi) is 5.30. The molecule has 36 heavy (non-hydrogen) atoms. The van der Waals surface area contributed by atoms with Crippen LogP contribution in [0.4, 0.5) is 0 Å². The molecule has 0 aliphatic carbocycles. The number of hydrogen-bond acceptors (Lipinski definition) is 1. The lowest BCUT2D eigenvalue weighted by atomic mass is 9.88. The summed E-state index contributed by atoms with van der Waals surface area (Å²) in [5.41, 5.74) is 11.7. The van der Waals surface area contributed by atoms with Gasteiger partial charge in [0.1, 0.15) is 5.75 Å². The average Bonchev–Trinajstić information content (AvgIpc) is 2.88. The molecule has 1 heterocycles. The van der Waals surface area contributed by atoms with Gasteiger partial charge in [-0.2, -0.15) is 4.57 Å². The highest BCUT2D eigenvalue weighted by Crippen LogP contribution is 2.39. The number of aromatic nitrogens is 1. The van der Waals surface area contributed by atoms with Crippen LogP contribution in [-0.2, 0) is 0 Å². The first-order chi connectivity index (χ1) is 17.5. The third-order valence-electron chi connectivity index (χ3n) is 7.10. The van der Waals surface area contributed by atoms with Crippen molar-refractivity contribution in [2.45, 2.75) is 20.8 Å². The van der Waals surface area contributed by atoms with Gasteiger partial charge in [0.15, 0.2) is 0 Å². The van der Waals surface area contributed by atoms with E-state index in [-0.39, 0.29) is 0 Å². The Hall–Kier alpha value is -4.43. The summed E-state index contributed by atoms with van der Waals surface area (Å²) in [6, 6.07) is 37.9. The quantitative estimate of drug-likeness (QED) is 0.206. The summed E-state index contributed by atoms with van der Waals surface area (Å²) in [7, 11) is 0. The van der Waals surface area contributed by atoms with Gasteiger partial charge in [0, 0.05) is 35.4 Å². The van der Waals surface area contributed by atoms with Gasteiger partial charge < -0.3 is 5.11 Å². The lowest BCUT2D eigenvalue weighted by molar-refractivity contribution is -0.537. The Balaban J connectivity index is 1.66. The van der Waals surface area contributed by atoms with E-state index in [4.69, 9.17) is 0 Å². The maximum atomic E-state index is 10.3. The minimum atomic E-state index is 0.294. The zero-order valence-corrected chi connectivity index (χ0v) is 20.8. The summed E-state index contributed by atoms with van der Waals surface area (Å²) in [5, 5.41) is 12.8. The number of benzene rings is 5. The van der Waals surface area contributed by atoms with E-state index in [0.29, 0.717) is 5.75 Å². The number of nitrogens with zero attached hydrogens (tertiary/aromatic N) is 1. The van der Waals surface area contributed by atoms with E-state index < -0.39 is 0 Å². The summed E-state index contributed by atoms with van der Waals surface area (Å²) >= 11 is 0. The number of aryl methyl sites for hydroxylation is 3. The van der Waals surface area contributed by atoms with Gasteiger partial charge in [0.2, 0.25) is 16.7 Å². The fourth-order valence-corrected chi connectivity index (χ4v) is 5.66. The highest BCUT2D eigenvalue weighted by atomic mass is 16.3. The molecule has 2 nitrogen and oxygen atoms in total. The summed E-state index contributed by atoms with van der Waals surface area (Å²) in [6.45, 7) is 6.60. The van der Waals surface area contributed by atoms with E-state index in [1.54, 1.807) is 6.07 Å². The molecule has 6 rings (SSSR count). The smallest absolute Gasteiger partial charge is 0.219 e. The molecule has 174 valence electrons. The van der Waals surface area contributed by atoms with Crippen molar-refractivity contribution in [3.05, 3.63) is 126 Å². The van der Waals surface area contributed by atoms with Crippen LogP contribution in [-0.4, -0.2) is 5.11 Å². The Morgan fingerprint density at radius 3 is 1.67 bits per heavy atom. The topological polar surface area (TPSA) is 24.1 Å². The van der Waals surface area contributed by atoms with Crippen molar-refractivity contribution in [3.63, 3.8) is 0 Å². The van der Waals surface area contributed by atoms with Crippen molar-refractivity contribution in [1.29, 1.82) is 0 Å². The zero-order valence-electron chi connectivity index (χ0n) is 20.8. The molecule has 0 unspecified atom stereocenters. The predicted molar refractivity (Wildman–Crippen MR) is 150 cm³/mol. The molecule has 0 saturated heterocycles. The molecule has 0 saturated carbocycles. The van der Waals surface area contributed by atoms with Crippen molar-refractivity contribution in [2.75, 3.05) is 0 Å². The van der Waals surface area contributed by atoms with Crippen molar-refractivity contribution in [2.24, 2.45) is 0 Å². The summed E-state index contributed by atoms with van der Waals surface area (Å²) in [6.07, 6.45) is 0. The number of pyridine rings is 1. The Morgan fingerprint density at radius 1 is 0.556 bits per heavy atom. The average molecular weight is 467 g/mol. The molecule has 0 aliphatic rings. The van der Waals surface area contributed by atoms with Crippen LogP contribution >= 0.6 is 0 Å². The van der Waals surface area contributed by atoms with E-state index in [9.17, 15) is 5.11 Å². The van der Waals surface area contributed by atoms with Crippen molar-refractivity contribution < 1.29 is 9.67 Å². The molecular formula is C34H28NO+. The molecule has 0 bridgehead atoms. The molecule has 0 spiro atoms. The van der Waals surface area contributed by atoms with E-state index >= 15 is 0 Å². The highest BCUT2D eigenvalue weighted by Gasteiger charge is 2.24. The van der Waals surface area contributed by atoms with Gasteiger partial charge in [-0.15, -0.1) is 0 Å². The lowest BCUT2D eigenvalue weighted by Crippen LogP contribution is -2.33. The van der Waals surface area contributed by atoms with Crippen LogP contribution in [0.25, 0.3) is 49.7 Å². The first-order valence-electron chi connectivity index (χ1n) is 12.4. The molecule has 0 radical (unpaired) electrons. The Labute approximate surface area is 211 Å². The summed E-state index contributed by atoms with van der Waals surface area (Å²) in [5.74, 6) is 0.294. The van der Waals surface area contributed by atoms with Crippen LogP contribution in [0.15, 0.2) is 109 Å². The van der Waals surface area contributed by atoms with Gasteiger partial charge in [-0.25, -0.2) is 0 Å². The fourth-order valence-electron chi connectivity index (χ4n) is 5.66. The molecule has 0 amide bonds. The van der Waals surface area contributed by atoms with Crippen LogP contribution in [0.3, 0.4) is 0 Å². The molecule has 0 atom stereocenters. The fraction of sp³-hybridized carbons (Fsp3) is 0.0882. The van der Waals surface area contributed by atoms with E-state index in [2.05, 4.69) is 110 Å². The number of fused-ring (bicyclic) bond motifs is 2. The number of hydrogen-bond donors (Lipinski definition) is 1. The summed E-state index contributed by atoms with van der Waals surface area (Å²) < 4.78 is 2.35. The first kappa shape index (κ1) is 22.1. The van der Waals surface area contributed by atoms with Gasteiger partial charge in [-0.05, 0) is 73.4 Å². The van der Waals surface area contributed by atoms with Gasteiger partial charge >= 0.3 is 0 Å². The van der Waals surface area contributed by atoms with E-state index in [1.165, 1.54) is 49.6 Å². The number of phenols is 1. The normalized spacial score (nSPS) is 11.3. The molecule has 5 aromatic carbocycles. The van der Waals surface area contributed by atoms with Crippen LogP contribution < -0.4 is 4.57 Å². The highest BCUT2D eigenvalue weighted by molar-refractivity contribution is 6.08. The Bertz CT molecular complexity index is 1680. The van der Waals surface area contributed by atoms with Crippen LogP contribution in [0.1, 0.15) is 16.7 Å². The lowest BCUT2D eigenvalue weighted by Gasteiger charge is -2.17. The van der Waals surface area contributed by atoms with Gasteiger partial charge in [-0.3, -0.25) is 0 Å². The first-order valence-corrected chi connectivity index (χ1v) is 12.4. The summed E-state index contributed by atoms with van der Waals surface area (Å²) in [4.78, 5) is 0. The maximum absolute atomic E-state index is 10.3. The van der Waals surface area contributed by atoms with Crippen molar-refractivity contribution >= 4 is 21.8 Å². The molecule has 6 aromatic rings. The Morgan fingerprint density at radius 2 is 1.08 bits per heavy atom. The standard InChI is InChI=1S/C34H27NO/c1-22-20-23(2)33(24(3)21-22)34-28-11-4-7-13-30(28)35(31-14-8-5-12-29(31)34)26-18-16-25(17-19-26)27-10-6-9-15-32(27)36/h4-21H,1-3H3/p+1. The molecule has 1 aromatic heterocycles. The second kappa shape index (κ2) is 8.66. The molecule has 2 heteroatoms. The molecule has 0 aliphatic heterocycles. The van der Waals surface area contributed by atoms with Crippen molar-refractivity contribution in [1.82, 2.24) is 0 Å². The van der Waals surface area contributed by atoms with E-state index in [0.717, 1.165) is 16.8 Å². The van der Waals surface area contributed by atoms with Crippen LogP contribution in [0.2, 0.25) is 0 Å². The number of rotatable bonds is 3.